The van der Waals surface area contributed by atoms with Crippen molar-refractivity contribution in [2.45, 2.75) is 20.3 Å². The molecule has 9 nitrogen and oxygen atoms in total. The fourth-order valence-electron chi connectivity index (χ4n) is 1.97. The van der Waals surface area contributed by atoms with Crippen LogP contribution >= 0.6 is 0 Å². The van der Waals surface area contributed by atoms with Crippen LogP contribution in [0.4, 0.5) is 11.4 Å². The monoisotopic (exact) mass is 323 g/mol. The number of nitrogens with two attached hydrogens (primary N) is 2. The first-order valence-corrected chi connectivity index (χ1v) is 8.33. The molecule has 0 aromatic heterocycles. The van der Waals surface area contributed by atoms with Crippen LogP contribution in [0.25, 0.3) is 0 Å². The summed E-state index contributed by atoms with van der Waals surface area (Å²) in [6.45, 7) is 3.35. The maximum absolute atomic E-state index is 11.4. The Morgan fingerprint density at radius 1 is 1.25 bits per heavy atom. The summed E-state index contributed by atoms with van der Waals surface area (Å²) in [6, 6.07) is 0. The lowest BCUT2D eigenvalue weighted by molar-refractivity contribution is 0.437. The van der Waals surface area contributed by atoms with Crippen molar-refractivity contribution < 1.29 is 25.2 Å². The van der Waals surface area contributed by atoms with Crippen LogP contribution in [-0.4, -0.2) is 16.8 Å². The minimum Gasteiger partial charge on any atom is -0.395 e. The molecule has 0 unspecified atom stereocenters. The van der Waals surface area contributed by atoms with Gasteiger partial charge in [-0.25, -0.2) is 5.14 Å². The van der Waals surface area contributed by atoms with Crippen molar-refractivity contribution in [3.05, 3.63) is 11.1 Å². The van der Waals surface area contributed by atoms with Gasteiger partial charge in [0.1, 0.15) is 5.69 Å². The first kappa shape index (κ1) is 14.7. The summed E-state index contributed by atoms with van der Waals surface area (Å²) in [4.78, 5) is 0. The van der Waals surface area contributed by atoms with Gasteiger partial charge in [-0.15, -0.1) is 8.42 Å². The van der Waals surface area contributed by atoms with Crippen LogP contribution in [0.5, 0.6) is 11.5 Å². The normalized spacial score (nSPS) is 16.1. The zero-order chi connectivity index (χ0) is 15.3. The Balaban J connectivity index is 2.80. The molecule has 2 rings (SSSR count). The first-order valence-electron chi connectivity index (χ1n) is 5.45. The average molecular weight is 323 g/mol. The molecular weight excluding hydrogens is 310 g/mol. The van der Waals surface area contributed by atoms with E-state index in [0.717, 1.165) is 0 Å². The van der Waals surface area contributed by atoms with E-state index >= 15 is 0 Å². The van der Waals surface area contributed by atoms with Crippen LogP contribution < -0.4 is 24.0 Å². The summed E-state index contributed by atoms with van der Waals surface area (Å²) in [6.07, 6.45) is 0.380. The molecule has 0 aliphatic carbocycles. The molecule has 0 bridgehead atoms. The van der Waals surface area contributed by atoms with E-state index < -0.39 is 20.6 Å². The van der Waals surface area contributed by atoms with Gasteiger partial charge in [0, 0.05) is 0 Å². The molecule has 5 N–H and O–H groups in total. The minimum atomic E-state index is -4.30. The molecule has 11 heteroatoms. The zero-order valence-electron chi connectivity index (χ0n) is 10.6. The Morgan fingerprint density at radius 3 is 2.30 bits per heavy atom. The highest BCUT2D eigenvalue weighted by molar-refractivity contribution is 7.90. The van der Waals surface area contributed by atoms with Gasteiger partial charge in [-0.2, -0.15) is 8.42 Å². The topological polar surface area (TPSA) is 151 Å². The highest BCUT2D eigenvalue weighted by Gasteiger charge is 2.36. The number of nitrogens with one attached hydrogen (secondary N) is 1. The molecule has 20 heavy (non-hydrogen) atoms. The fourth-order valence-corrected chi connectivity index (χ4v) is 3.24. The van der Waals surface area contributed by atoms with Crippen molar-refractivity contribution >= 4 is 32.0 Å². The van der Waals surface area contributed by atoms with Crippen LogP contribution in [0, 0.1) is 6.92 Å². The molecule has 0 saturated carbocycles. The third-order valence-corrected chi connectivity index (χ3v) is 4.04. The van der Waals surface area contributed by atoms with E-state index in [2.05, 4.69) is 8.37 Å². The molecule has 1 aliphatic rings. The van der Waals surface area contributed by atoms with E-state index in [0.29, 0.717) is 17.5 Å². The van der Waals surface area contributed by atoms with E-state index in [4.69, 9.17) is 10.9 Å². The molecule has 0 radical (unpaired) electrons. The summed E-state index contributed by atoms with van der Waals surface area (Å²) in [5.74, 6) is -0.551. The summed E-state index contributed by atoms with van der Waals surface area (Å²) in [5.41, 5.74) is 6.72. The molecule has 0 fully saturated rings. The van der Waals surface area contributed by atoms with Crippen molar-refractivity contribution in [3.8, 4) is 11.5 Å². The maximum atomic E-state index is 11.4. The second-order valence-electron chi connectivity index (χ2n) is 4.13. The van der Waals surface area contributed by atoms with Crippen molar-refractivity contribution in [2.75, 3.05) is 10.5 Å². The number of fused-ring (bicyclic) bond motifs is 1. The van der Waals surface area contributed by atoms with Crippen molar-refractivity contribution in [1.82, 2.24) is 0 Å². The number of rotatable bonds is 3. The molecular formula is C9H13N3O6S2. The molecule has 1 aromatic carbocycles. The third-order valence-electron chi connectivity index (χ3n) is 2.81. The molecule has 1 aromatic rings. The summed E-state index contributed by atoms with van der Waals surface area (Å²) < 4.78 is 56.4. The molecule has 112 valence electrons. The van der Waals surface area contributed by atoms with E-state index in [-0.39, 0.29) is 22.9 Å². The predicted molar refractivity (Wildman–Crippen MR) is 71.9 cm³/mol. The number of hydrogen-bond donors (Lipinski definition) is 3. The van der Waals surface area contributed by atoms with Gasteiger partial charge < -0.3 is 14.1 Å². The quantitative estimate of drug-likeness (QED) is 0.650. The van der Waals surface area contributed by atoms with E-state index in [1.54, 1.807) is 13.8 Å². The lowest BCUT2D eigenvalue weighted by Crippen LogP contribution is -2.23. The van der Waals surface area contributed by atoms with E-state index in [1.165, 1.54) is 0 Å². The van der Waals surface area contributed by atoms with E-state index in [1.807, 2.05) is 4.72 Å². The maximum Gasteiger partial charge on any atom is 0.501 e. The Morgan fingerprint density at radius 2 is 1.80 bits per heavy atom. The van der Waals surface area contributed by atoms with Gasteiger partial charge in [-0.1, -0.05) is 6.92 Å². The van der Waals surface area contributed by atoms with Crippen molar-refractivity contribution in [1.29, 1.82) is 0 Å². The molecule has 0 atom stereocenters. The summed E-state index contributed by atoms with van der Waals surface area (Å²) in [7, 11) is -8.42. The Bertz CT molecular complexity index is 785. The number of benzene rings is 1. The fraction of sp³-hybridized carbons (Fsp3) is 0.333. The number of nitrogen functional groups attached to an aromatic ring is 1. The summed E-state index contributed by atoms with van der Waals surface area (Å²) in [5, 5.41) is 4.92. The van der Waals surface area contributed by atoms with Gasteiger partial charge in [0.2, 0.25) is 11.5 Å². The predicted octanol–water partition coefficient (Wildman–Crippen LogP) is -0.229. The smallest absolute Gasteiger partial charge is 0.395 e. The molecule has 1 heterocycles. The average Bonchev–Trinajstić information content (AvgIpc) is 2.61. The number of hydrogen-bond acceptors (Lipinski definition) is 7. The van der Waals surface area contributed by atoms with Gasteiger partial charge in [0.05, 0.1) is 5.69 Å². The van der Waals surface area contributed by atoms with Crippen LogP contribution in [0.3, 0.4) is 0 Å². The Hall–Kier alpha value is -1.72. The molecule has 0 spiro atoms. The first-order chi connectivity index (χ1) is 9.06. The van der Waals surface area contributed by atoms with E-state index in [9.17, 15) is 16.8 Å². The van der Waals surface area contributed by atoms with Gasteiger partial charge >= 0.3 is 10.4 Å². The highest BCUT2D eigenvalue weighted by Crippen LogP contribution is 2.50. The Kier molecular flexibility index (Phi) is 3.23. The molecule has 0 saturated heterocycles. The lowest BCUT2D eigenvalue weighted by atomic mass is 10.0. The zero-order valence-corrected chi connectivity index (χ0v) is 12.3. The van der Waals surface area contributed by atoms with Crippen LogP contribution in [0.15, 0.2) is 0 Å². The minimum absolute atomic E-state index is 0.0675. The molecule has 0 amide bonds. The van der Waals surface area contributed by atoms with Crippen LogP contribution in [0.2, 0.25) is 0 Å². The lowest BCUT2D eigenvalue weighted by Gasteiger charge is -2.15. The highest BCUT2D eigenvalue weighted by atomic mass is 32.3. The second kappa shape index (κ2) is 4.40. The third kappa shape index (κ3) is 2.46. The largest absolute Gasteiger partial charge is 0.501 e. The SMILES string of the molecule is CCc1c(C)c(N)c2c(c1NS(N)(=O)=O)OS(=O)(=O)O2. The van der Waals surface area contributed by atoms with Crippen molar-refractivity contribution in [2.24, 2.45) is 5.14 Å². The summed E-state index contributed by atoms with van der Waals surface area (Å²) >= 11 is 0. The van der Waals surface area contributed by atoms with Gasteiger partial charge in [-0.3, -0.25) is 4.72 Å². The Labute approximate surface area is 116 Å². The standard InChI is InChI=1S/C9H13N3O6S2/c1-3-5-4(2)6(10)8-9(18-20(15,16)17-8)7(5)12-19(11,13)14/h12H,3,10H2,1-2H3,(H2,11,13,14). The van der Waals surface area contributed by atoms with Crippen molar-refractivity contribution in [3.63, 3.8) is 0 Å². The van der Waals surface area contributed by atoms with Gasteiger partial charge in [-0.05, 0) is 24.5 Å². The number of anilines is 2. The van der Waals surface area contributed by atoms with Gasteiger partial charge in [0.15, 0.2) is 0 Å². The van der Waals surface area contributed by atoms with Crippen LogP contribution in [-0.2, 0) is 27.0 Å². The van der Waals surface area contributed by atoms with Crippen LogP contribution in [0.1, 0.15) is 18.1 Å². The second-order valence-corrected chi connectivity index (χ2v) is 6.57. The van der Waals surface area contributed by atoms with Gasteiger partial charge in [0.25, 0.3) is 10.2 Å². The molecule has 1 aliphatic heterocycles.